The van der Waals surface area contributed by atoms with Gasteiger partial charge in [0.05, 0.1) is 15.9 Å². The molecule has 2 aliphatic heterocycles. The second kappa shape index (κ2) is 5.58. The average molecular weight is 353 g/mol. The minimum Gasteiger partial charge on any atom is -0.391 e. The molecule has 1 unspecified atom stereocenters. The van der Waals surface area contributed by atoms with E-state index < -0.39 is 17.7 Å². The smallest absolute Gasteiger partial charge is 0.264 e. The fourth-order valence-electron chi connectivity index (χ4n) is 2.98. The quantitative estimate of drug-likeness (QED) is 0.853. The number of fused-ring (bicyclic) bond motifs is 3. The monoisotopic (exact) mass is 353 g/mol. The summed E-state index contributed by atoms with van der Waals surface area (Å²) in [4.78, 5) is 15.9. The molecular weight excluding hydrogens is 340 g/mol. The van der Waals surface area contributed by atoms with Crippen molar-refractivity contribution in [3.05, 3.63) is 40.3 Å². The van der Waals surface area contributed by atoms with Crippen LogP contribution in [0.1, 0.15) is 21.7 Å². The van der Waals surface area contributed by atoms with Gasteiger partial charge in [-0.15, -0.1) is 23.1 Å². The Labute approximate surface area is 139 Å². The molecule has 23 heavy (non-hydrogen) atoms. The maximum absolute atomic E-state index is 13.9. The molecule has 1 saturated heterocycles. The van der Waals surface area contributed by atoms with Gasteiger partial charge in [0, 0.05) is 35.3 Å². The summed E-state index contributed by atoms with van der Waals surface area (Å²) in [6.07, 6.45) is 0.124. The van der Waals surface area contributed by atoms with E-state index in [1.54, 1.807) is 4.90 Å². The highest BCUT2D eigenvalue weighted by Gasteiger charge is 2.29. The Morgan fingerprint density at radius 2 is 2.13 bits per heavy atom. The molecule has 0 bridgehead atoms. The maximum Gasteiger partial charge on any atom is 0.264 e. The maximum atomic E-state index is 13.9. The van der Waals surface area contributed by atoms with Crippen LogP contribution in [0.4, 0.5) is 8.78 Å². The van der Waals surface area contributed by atoms with Gasteiger partial charge in [0.2, 0.25) is 0 Å². The van der Waals surface area contributed by atoms with E-state index in [2.05, 4.69) is 0 Å². The number of nitrogens with zero attached hydrogens (tertiary/aromatic N) is 1. The standard InChI is InChI=1S/C16H13F2NO2S2/c17-9-4-11-14-8(7-22-15(11)12(18)5-9)3-13(23-14)16(21)19-2-1-10(20)6-19/h3-5,10,20H,1-2,6-7H2. The first-order valence-electron chi connectivity index (χ1n) is 7.25. The predicted octanol–water partition coefficient (Wildman–Crippen LogP) is 3.51. The lowest BCUT2D eigenvalue weighted by molar-refractivity contribution is 0.0769. The largest absolute Gasteiger partial charge is 0.391 e. The minimum atomic E-state index is -0.612. The Morgan fingerprint density at radius 1 is 1.30 bits per heavy atom. The van der Waals surface area contributed by atoms with Gasteiger partial charge in [-0.2, -0.15) is 0 Å². The van der Waals surface area contributed by atoms with Crippen molar-refractivity contribution in [3.8, 4) is 10.4 Å². The number of aliphatic hydroxyl groups excluding tert-OH is 1. The first-order valence-corrected chi connectivity index (χ1v) is 9.05. The topological polar surface area (TPSA) is 40.5 Å². The number of thiophene rings is 1. The molecule has 2 aliphatic rings. The van der Waals surface area contributed by atoms with E-state index in [1.807, 2.05) is 6.07 Å². The number of amides is 1. The molecule has 0 saturated carbocycles. The van der Waals surface area contributed by atoms with Crippen molar-refractivity contribution in [2.75, 3.05) is 13.1 Å². The van der Waals surface area contributed by atoms with Gasteiger partial charge in [-0.1, -0.05) is 0 Å². The van der Waals surface area contributed by atoms with Crippen LogP contribution < -0.4 is 0 Å². The van der Waals surface area contributed by atoms with Crippen LogP contribution in [0.3, 0.4) is 0 Å². The second-order valence-corrected chi connectivity index (χ2v) is 7.75. The lowest BCUT2D eigenvalue weighted by atomic mass is 10.1. The Hall–Kier alpha value is -1.44. The zero-order valence-electron chi connectivity index (χ0n) is 12.0. The second-order valence-electron chi connectivity index (χ2n) is 5.71. The Bertz CT molecular complexity index is 806. The number of benzene rings is 1. The van der Waals surface area contributed by atoms with Crippen molar-refractivity contribution in [1.29, 1.82) is 0 Å². The number of carbonyl (C=O) groups is 1. The zero-order chi connectivity index (χ0) is 16.1. The fourth-order valence-corrected chi connectivity index (χ4v) is 5.34. The molecule has 120 valence electrons. The molecule has 1 amide bonds. The van der Waals surface area contributed by atoms with Gasteiger partial charge in [-0.25, -0.2) is 8.78 Å². The molecule has 0 aliphatic carbocycles. The summed E-state index contributed by atoms with van der Waals surface area (Å²) in [5, 5.41) is 9.57. The molecular formula is C16H13F2NO2S2. The molecule has 0 spiro atoms. The minimum absolute atomic E-state index is 0.121. The van der Waals surface area contributed by atoms with Gasteiger partial charge in [0.25, 0.3) is 5.91 Å². The summed E-state index contributed by atoms with van der Waals surface area (Å²) >= 11 is 2.60. The van der Waals surface area contributed by atoms with Crippen LogP contribution in [0.25, 0.3) is 10.4 Å². The van der Waals surface area contributed by atoms with E-state index >= 15 is 0 Å². The van der Waals surface area contributed by atoms with Crippen molar-refractivity contribution in [2.24, 2.45) is 0 Å². The van der Waals surface area contributed by atoms with Crippen LogP contribution in [0.5, 0.6) is 0 Å². The SMILES string of the molecule is O=C(c1cc2c(s1)-c1cc(F)cc(F)c1SC2)N1CCC(O)C1. The molecule has 1 N–H and O–H groups in total. The number of β-amino-alcohol motifs (C(OH)–C–C–N with tert-alkyl or cyclic N) is 1. The number of hydrogen-bond acceptors (Lipinski definition) is 4. The third-order valence-electron chi connectivity index (χ3n) is 4.10. The Kier molecular flexibility index (Phi) is 3.66. The van der Waals surface area contributed by atoms with Gasteiger partial charge in [0.1, 0.15) is 11.6 Å². The molecule has 7 heteroatoms. The van der Waals surface area contributed by atoms with Crippen LogP contribution >= 0.6 is 23.1 Å². The Morgan fingerprint density at radius 3 is 2.87 bits per heavy atom. The summed E-state index contributed by atoms with van der Waals surface area (Å²) in [7, 11) is 0. The number of likely N-dealkylation sites (tertiary alicyclic amines) is 1. The van der Waals surface area contributed by atoms with Crippen LogP contribution in [0, 0.1) is 11.6 Å². The molecule has 1 atom stereocenters. The third kappa shape index (κ3) is 2.56. The summed E-state index contributed by atoms with van der Waals surface area (Å²) in [6.45, 7) is 0.882. The van der Waals surface area contributed by atoms with E-state index in [0.29, 0.717) is 40.6 Å². The van der Waals surface area contributed by atoms with Gasteiger partial charge in [-0.05, 0) is 24.1 Å². The van der Waals surface area contributed by atoms with Crippen LogP contribution in [-0.4, -0.2) is 35.1 Å². The highest BCUT2D eigenvalue weighted by molar-refractivity contribution is 7.98. The van der Waals surface area contributed by atoms with Crippen molar-refractivity contribution < 1.29 is 18.7 Å². The number of rotatable bonds is 1. The van der Waals surface area contributed by atoms with Gasteiger partial charge < -0.3 is 10.0 Å². The average Bonchev–Trinajstić information content (AvgIpc) is 3.12. The molecule has 3 nitrogen and oxygen atoms in total. The van der Waals surface area contributed by atoms with Crippen LogP contribution in [0.15, 0.2) is 23.1 Å². The zero-order valence-corrected chi connectivity index (χ0v) is 13.6. The van der Waals surface area contributed by atoms with Gasteiger partial charge >= 0.3 is 0 Å². The predicted molar refractivity (Wildman–Crippen MR) is 85.8 cm³/mol. The van der Waals surface area contributed by atoms with Crippen LogP contribution in [0.2, 0.25) is 0 Å². The molecule has 3 heterocycles. The van der Waals surface area contributed by atoms with Crippen molar-refractivity contribution in [1.82, 2.24) is 4.90 Å². The van der Waals surface area contributed by atoms with Crippen molar-refractivity contribution in [2.45, 2.75) is 23.2 Å². The molecule has 2 aromatic rings. The molecule has 1 fully saturated rings. The number of hydrogen-bond donors (Lipinski definition) is 1. The lowest BCUT2D eigenvalue weighted by Gasteiger charge is -2.16. The number of carbonyl (C=O) groups excluding carboxylic acids is 1. The van der Waals surface area contributed by atoms with Crippen LogP contribution in [-0.2, 0) is 5.75 Å². The summed E-state index contributed by atoms with van der Waals surface area (Å²) in [5.41, 5.74) is 1.46. The lowest BCUT2D eigenvalue weighted by Crippen LogP contribution is -2.28. The van der Waals surface area contributed by atoms with Gasteiger partial charge in [-0.3, -0.25) is 4.79 Å². The van der Waals surface area contributed by atoms with E-state index in [9.17, 15) is 18.7 Å². The first-order chi connectivity index (χ1) is 11.0. The summed E-state index contributed by atoms with van der Waals surface area (Å²) < 4.78 is 27.5. The Balaban J connectivity index is 1.73. The van der Waals surface area contributed by atoms with E-state index in [1.165, 1.54) is 29.2 Å². The molecule has 0 radical (unpaired) electrons. The summed E-state index contributed by atoms with van der Waals surface area (Å²) in [5.74, 6) is -0.722. The fraction of sp³-hybridized carbons (Fsp3) is 0.312. The number of aliphatic hydroxyl groups is 1. The first kappa shape index (κ1) is 15.1. The highest BCUT2D eigenvalue weighted by atomic mass is 32.2. The van der Waals surface area contributed by atoms with E-state index in [0.717, 1.165) is 16.5 Å². The van der Waals surface area contributed by atoms with Crippen molar-refractivity contribution >= 4 is 29.0 Å². The third-order valence-corrected chi connectivity index (χ3v) is 6.45. The molecule has 4 rings (SSSR count). The normalized spacial score (nSPS) is 19.6. The van der Waals surface area contributed by atoms with E-state index in [-0.39, 0.29) is 5.91 Å². The van der Waals surface area contributed by atoms with Gasteiger partial charge in [0.15, 0.2) is 0 Å². The molecule has 1 aromatic heterocycles. The molecule has 1 aromatic carbocycles. The number of halogens is 2. The summed E-state index contributed by atoms with van der Waals surface area (Å²) in [6, 6.07) is 4.03. The van der Waals surface area contributed by atoms with Crippen molar-refractivity contribution in [3.63, 3.8) is 0 Å². The van der Waals surface area contributed by atoms with E-state index in [4.69, 9.17) is 0 Å². The highest BCUT2D eigenvalue weighted by Crippen LogP contribution is 2.47. The number of thioether (sulfide) groups is 1.